The molecule has 0 saturated carbocycles. The fourth-order valence-corrected chi connectivity index (χ4v) is 5.07. The zero-order valence-electron chi connectivity index (χ0n) is 29.6. The van der Waals surface area contributed by atoms with E-state index in [0.29, 0.717) is 19.3 Å². The van der Waals surface area contributed by atoms with E-state index in [9.17, 15) is 19.5 Å². The van der Waals surface area contributed by atoms with Crippen molar-refractivity contribution >= 4 is 17.9 Å². The van der Waals surface area contributed by atoms with Crippen molar-refractivity contribution in [1.82, 2.24) is 0 Å². The molecule has 2 atom stereocenters. The van der Waals surface area contributed by atoms with Gasteiger partial charge in [0.1, 0.15) is 6.61 Å². The highest BCUT2D eigenvalue weighted by Crippen LogP contribution is 2.13. The van der Waals surface area contributed by atoms with Crippen LogP contribution in [0.2, 0.25) is 0 Å². The van der Waals surface area contributed by atoms with Crippen molar-refractivity contribution in [1.29, 1.82) is 0 Å². The Hall–Kier alpha value is -2.19. The van der Waals surface area contributed by atoms with Crippen LogP contribution in [-0.4, -0.2) is 80.6 Å². The number of nitrogens with zero attached hydrogens (tertiary/aromatic N) is 1. The molecule has 2 unspecified atom stereocenters. The number of aliphatic carboxylic acids is 1. The second-order valence-corrected chi connectivity index (χ2v) is 13.1. The Balaban J connectivity index is 4.46. The molecule has 0 aromatic heterocycles. The lowest BCUT2D eigenvalue weighted by Crippen LogP contribution is -2.50. The van der Waals surface area contributed by atoms with Crippen molar-refractivity contribution in [3.05, 3.63) is 24.3 Å². The Morgan fingerprint density at radius 1 is 0.689 bits per heavy atom. The van der Waals surface area contributed by atoms with E-state index < -0.39 is 18.1 Å². The number of likely N-dealkylation sites (N-methyl/N-ethyl adjacent to an activating group) is 1. The van der Waals surface area contributed by atoms with Gasteiger partial charge in [0.2, 0.25) is 0 Å². The molecule has 0 fully saturated rings. The van der Waals surface area contributed by atoms with Crippen LogP contribution in [0.5, 0.6) is 0 Å². The summed E-state index contributed by atoms with van der Waals surface area (Å²) in [5.74, 6) is -1.52. The second kappa shape index (κ2) is 29.2. The van der Waals surface area contributed by atoms with Crippen LogP contribution >= 0.6 is 0 Å². The van der Waals surface area contributed by atoms with E-state index in [0.717, 1.165) is 44.9 Å². The van der Waals surface area contributed by atoms with Gasteiger partial charge in [-0.3, -0.25) is 9.59 Å². The summed E-state index contributed by atoms with van der Waals surface area (Å²) >= 11 is 0. The number of hydrogen-bond acceptors (Lipinski definition) is 6. The number of hydrogen-bond donors (Lipinski definition) is 1. The minimum absolute atomic E-state index is 0.0507. The quantitative estimate of drug-likeness (QED) is 0.0351. The van der Waals surface area contributed by atoms with Crippen molar-refractivity contribution < 1.29 is 38.2 Å². The maximum absolute atomic E-state index is 12.5. The molecule has 0 aromatic rings. The molecule has 1 N–H and O–H groups in total. The van der Waals surface area contributed by atoms with Crippen LogP contribution in [0.15, 0.2) is 24.3 Å². The van der Waals surface area contributed by atoms with E-state index in [4.69, 9.17) is 14.2 Å². The van der Waals surface area contributed by atoms with Crippen LogP contribution in [0.25, 0.3) is 0 Å². The molecule has 0 amide bonds. The molecule has 45 heavy (non-hydrogen) atoms. The SMILES string of the molecule is CC/C=C/C/C=C/CCCCC(=O)OC(COCCC(C(=O)O)[N+](C)(C)C)COC(=O)CCCCCCCCCCCCCC. The average Bonchev–Trinajstić information content (AvgIpc) is 2.98. The van der Waals surface area contributed by atoms with Crippen LogP contribution in [-0.2, 0) is 28.6 Å². The van der Waals surface area contributed by atoms with Crippen molar-refractivity contribution in [2.45, 2.75) is 154 Å². The first-order valence-corrected chi connectivity index (χ1v) is 17.9. The van der Waals surface area contributed by atoms with E-state index in [1.54, 1.807) is 0 Å². The van der Waals surface area contributed by atoms with E-state index in [-0.39, 0.29) is 42.7 Å². The Morgan fingerprint density at radius 2 is 1.24 bits per heavy atom. The van der Waals surface area contributed by atoms with Gasteiger partial charge in [0.25, 0.3) is 0 Å². The first kappa shape index (κ1) is 42.8. The van der Waals surface area contributed by atoms with Gasteiger partial charge in [-0.05, 0) is 38.5 Å². The summed E-state index contributed by atoms with van der Waals surface area (Å²) in [6.07, 6.45) is 28.0. The minimum atomic E-state index is -0.881. The van der Waals surface area contributed by atoms with E-state index in [1.165, 1.54) is 57.8 Å². The molecule has 0 bridgehead atoms. The number of carbonyl (C=O) groups is 3. The third kappa shape index (κ3) is 27.8. The van der Waals surface area contributed by atoms with Gasteiger partial charge in [-0.25, -0.2) is 4.79 Å². The lowest BCUT2D eigenvalue weighted by molar-refractivity contribution is -0.887. The number of carboxylic acid groups (broad SMARTS) is 1. The Kier molecular flexibility index (Phi) is 27.8. The maximum atomic E-state index is 12.5. The highest BCUT2D eigenvalue weighted by molar-refractivity contribution is 5.72. The van der Waals surface area contributed by atoms with Gasteiger partial charge in [-0.1, -0.05) is 109 Å². The van der Waals surface area contributed by atoms with Gasteiger partial charge in [0.15, 0.2) is 12.1 Å². The zero-order valence-corrected chi connectivity index (χ0v) is 29.6. The summed E-state index contributed by atoms with van der Waals surface area (Å²) in [7, 11) is 5.50. The predicted octanol–water partition coefficient (Wildman–Crippen LogP) is 8.57. The normalized spacial score (nSPS) is 13.4. The molecule has 0 aliphatic rings. The average molecular weight is 639 g/mol. The third-order valence-electron chi connectivity index (χ3n) is 7.87. The number of rotatable bonds is 31. The van der Waals surface area contributed by atoms with Crippen molar-refractivity contribution in [3.63, 3.8) is 0 Å². The molecule has 0 aliphatic heterocycles. The first-order chi connectivity index (χ1) is 21.6. The highest BCUT2D eigenvalue weighted by atomic mass is 16.6. The molecule has 8 heteroatoms. The van der Waals surface area contributed by atoms with Gasteiger partial charge < -0.3 is 23.8 Å². The zero-order chi connectivity index (χ0) is 33.6. The molecule has 0 heterocycles. The predicted molar refractivity (Wildman–Crippen MR) is 183 cm³/mol. The van der Waals surface area contributed by atoms with Crippen LogP contribution in [0, 0.1) is 0 Å². The largest absolute Gasteiger partial charge is 0.477 e. The Bertz CT molecular complexity index is 803. The molecule has 0 rings (SSSR count). The molecule has 0 aromatic carbocycles. The molecule has 262 valence electrons. The Morgan fingerprint density at radius 3 is 1.82 bits per heavy atom. The summed E-state index contributed by atoms with van der Waals surface area (Å²) in [4.78, 5) is 36.6. The monoisotopic (exact) mass is 638 g/mol. The summed E-state index contributed by atoms with van der Waals surface area (Å²) in [6, 6.07) is -0.615. The van der Waals surface area contributed by atoms with E-state index >= 15 is 0 Å². The lowest BCUT2D eigenvalue weighted by Gasteiger charge is -2.31. The van der Waals surface area contributed by atoms with E-state index in [1.807, 2.05) is 21.1 Å². The molecule has 8 nitrogen and oxygen atoms in total. The topological polar surface area (TPSA) is 99.1 Å². The molecular weight excluding hydrogens is 570 g/mol. The summed E-state index contributed by atoms with van der Waals surface area (Å²) in [6.45, 7) is 4.55. The van der Waals surface area contributed by atoms with Gasteiger partial charge in [0.05, 0.1) is 34.4 Å². The molecule has 0 saturated heterocycles. The lowest BCUT2D eigenvalue weighted by atomic mass is 10.0. The van der Waals surface area contributed by atoms with Gasteiger partial charge in [-0.2, -0.15) is 0 Å². The van der Waals surface area contributed by atoms with Crippen molar-refractivity contribution in [2.75, 3.05) is 41.0 Å². The second-order valence-electron chi connectivity index (χ2n) is 13.1. The smallest absolute Gasteiger partial charge is 0.362 e. The highest BCUT2D eigenvalue weighted by Gasteiger charge is 2.31. The molecule has 0 radical (unpaired) electrons. The van der Waals surface area contributed by atoms with Crippen LogP contribution in [0.1, 0.15) is 142 Å². The summed E-state index contributed by atoms with van der Waals surface area (Å²) in [5.41, 5.74) is 0. The summed E-state index contributed by atoms with van der Waals surface area (Å²) in [5, 5.41) is 9.55. The van der Waals surface area contributed by atoms with Crippen LogP contribution in [0.4, 0.5) is 0 Å². The molecule has 0 aliphatic carbocycles. The minimum Gasteiger partial charge on any atom is -0.477 e. The number of quaternary nitrogens is 1. The fraction of sp³-hybridized carbons (Fsp3) is 0.811. The van der Waals surface area contributed by atoms with Gasteiger partial charge in [-0.15, -0.1) is 0 Å². The number of carbonyl (C=O) groups excluding carboxylic acids is 2. The van der Waals surface area contributed by atoms with Gasteiger partial charge in [0, 0.05) is 19.3 Å². The number of carboxylic acids is 1. The maximum Gasteiger partial charge on any atom is 0.362 e. The van der Waals surface area contributed by atoms with Crippen LogP contribution in [0.3, 0.4) is 0 Å². The van der Waals surface area contributed by atoms with Gasteiger partial charge >= 0.3 is 17.9 Å². The standard InChI is InChI=1S/C37H67NO7/c1-6-8-10-12-14-16-17-18-20-21-23-25-27-35(39)44-32-33(31-43-30-29-34(37(41)42)38(3,4)5)45-36(40)28-26-24-22-19-15-13-11-9-7-2/h9,11,15,19,33-34H,6-8,10,12-14,16-18,20-32H2,1-5H3/p+1/b11-9+,19-15+. The summed E-state index contributed by atoms with van der Waals surface area (Å²) < 4.78 is 17.1. The molecular formula is C37H68NO7+. The third-order valence-corrected chi connectivity index (χ3v) is 7.87. The van der Waals surface area contributed by atoms with Crippen molar-refractivity contribution in [2.24, 2.45) is 0 Å². The van der Waals surface area contributed by atoms with Crippen LogP contribution < -0.4 is 0 Å². The van der Waals surface area contributed by atoms with E-state index in [2.05, 4.69) is 38.2 Å². The number of esters is 2. The fourth-order valence-electron chi connectivity index (χ4n) is 5.07. The molecule has 0 spiro atoms. The van der Waals surface area contributed by atoms with Crippen molar-refractivity contribution in [3.8, 4) is 0 Å². The first-order valence-electron chi connectivity index (χ1n) is 17.9. The number of allylic oxidation sites excluding steroid dienone is 4. The Labute approximate surface area is 275 Å². The number of unbranched alkanes of at least 4 members (excludes halogenated alkanes) is 13. The number of ether oxygens (including phenoxy) is 3.